The molecule has 3 nitrogen and oxygen atoms in total. The van der Waals surface area contributed by atoms with Crippen LogP contribution in [0.5, 0.6) is 0 Å². The summed E-state index contributed by atoms with van der Waals surface area (Å²) < 4.78 is 25.9. The molecule has 0 aliphatic carbocycles. The molecule has 1 rings (SSSR count). The maximum Gasteiger partial charge on any atom is 0.126 e. The van der Waals surface area contributed by atoms with E-state index in [9.17, 15) is 8.78 Å². The first-order valence-corrected chi connectivity index (χ1v) is 4.59. The van der Waals surface area contributed by atoms with E-state index < -0.39 is 11.6 Å². The highest BCUT2D eigenvalue weighted by atomic mass is 19.1. The normalized spacial score (nSPS) is 13.2. The Morgan fingerprint density at radius 1 is 1.27 bits per heavy atom. The van der Waals surface area contributed by atoms with Gasteiger partial charge < -0.3 is 4.90 Å². The number of benzene rings is 1. The van der Waals surface area contributed by atoms with Gasteiger partial charge in [-0.3, -0.25) is 11.3 Å². The average Bonchev–Trinajstić information content (AvgIpc) is 2.12. The number of nitrogens with two attached hydrogens (primary N) is 1. The summed E-state index contributed by atoms with van der Waals surface area (Å²) in [6, 6.07) is 3.10. The van der Waals surface area contributed by atoms with Crippen molar-refractivity contribution < 1.29 is 8.78 Å². The minimum Gasteiger partial charge on any atom is -0.307 e. The SMILES string of the molecule is CN(C)CC(NN)c1cc(F)cc(F)c1. The summed E-state index contributed by atoms with van der Waals surface area (Å²) in [7, 11) is 3.72. The molecule has 0 aliphatic heterocycles. The molecule has 0 spiro atoms. The van der Waals surface area contributed by atoms with Crippen molar-refractivity contribution in [2.75, 3.05) is 20.6 Å². The molecule has 1 unspecified atom stereocenters. The number of nitrogens with zero attached hydrogens (tertiary/aromatic N) is 1. The predicted molar refractivity (Wildman–Crippen MR) is 55.0 cm³/mol. The number of rotatable bonds is 4. The summed E-state index contributed by atoms with van der Waals surface area (Å²) in [5, 5.41) is 0. The summed E-state index contributed by atoms with van der Waals surface area (Å²) in [5.74, 6) is 4.14. The van der Waals surface area contributed by atoms with E-state index in [1.165, 1.54) is 12.1 Å². The average molecular weight is 215 g/mol. The van der Waals surface area contributed by atoms with Crippen molar-refractivity contribution in [2.45, 2.75) is 6.04 Å². The molecule has 0 bridgehead atoms. The molecule has 5 heteroatoms. The third-order valence-corrected chi connectivity index (χ3v) is 2.04. The quantitative estimate of drug-likeness (QED) is 0.582. The van der Waals surface area contributed by atoms with Crippen LogP contribution in [0, 0.1) is 11.6 Å². The first-order chi connectivity index (χ1) is 7.02. The fourth-order valence-electron chi connectivity index (χ4n) is 1.40. The number of hydrogen-bond donors (Lipinski definition) is 2. The first kappa shape index (κ1) is 12.0. The largest absolute Gasteiger partial charge is 0.307 e. The topological polar surface area (TPSA) is 41.3 Å². The highest BCUT2D eigenvalue weighted by Gasteiger charge is 2.12. The van der Waals surface area contributed by atoms with E-state index in [1.807, 2.05) is 19.0 Å². The van der Waals surface area contributed by atoms with Crippen LogP contribution in [-0.4, -0.2) is 25.5 Å². The van der Waals surface area contributed by atoms with Crippen LogP contribution in [-0.2, 0) is 0 Å². The summed E-state index contributed by atoms with van der Waals surface area (Å²) in [6.07, 6.45) is 0. The van der Waals surface area contributed by atoms with Crippen molar-refractivity contribution in [3.63, 3.8) is 0 Å². The second kappa shape index (κ2) is 5.16. The second-order valence-corrected chi connectivity index (χ2v) is 3.68. The standard InChI is InChI=1S/C10H15F2N3/c1-15(2)6-10(14-13)7-3-8(11)5-9(12)4-7/h3-5,10,14H,6,13H2,1-2H3. The molecule has 0 heterocycles. The summed E-state index contributed by atoms with van der Waals surface area (Å²) in [4.78, 5) is 1.88. The number of hydrazine groups is 1. The molecule has 3 N–H and O–H groups in total. The second-order valence-electron chi connectivity index (χ2n) is 3.68. The lowest BCUT2D eigenvalue weighted by Gasteiger charge is -2.20. The highest BCUT2D eigenvalue weighted by Crippen LogP contribution is 2.16. The lowest BCUT2D eigenvalue weighted by atomic mass is 10.1. The zero-order valence-electron chi connectivity index (χ0n) is 8.80. The van der Waals surface area contributed by atoms with Crippen LogP contribution in [0.3, 0.4) is 0 Å². The van der Waals surface area contributed by atoms with Crippen molar-refractivity contribution in [3.05, 3.63) is 35.4 Å². The van der Waals surface area contributed by atoms with Gasteiger partial charge in [0, 0.05) is 12.6 Å². The van der Waals surface area contributed by atoms with Gasteiger partial charge >= 0.3 is 0 Å². The molecule has 0 saturated heterocycles. The number of halogens is 2. The molecule has 0 saturated carbocycles. The Hall–Kier alpha value is -1.04. The lowest BCUT2D eigenvalue weighted by molar-refractivity contribution is 0.343. The van der Waals surface area contributed by atoms with Crippen molar-refractivity contribution >= 4 is 0 Å². The molecule has 0 aromatic heterocycles. The molecule has 1 aromatic carbocycles. The van der Waals surface area contributed by atoms with Crippen LogP contribution in [0.4, 0.5) is 8.78 Å². The van der Waals surface area contributed by atoms with Crippen LogP contribution < -0.4 is 11.3 Å². The van der Waals surface area contributed by atoms with Gasteiger partial charge in [-0.25, -0.2) is 8.78 Å². The minimum absolute atomic E-state index is 0.287. The van der Waals surface area contributed by atoms with Gasteiger partial charge in [-0.2, -0.15) is 0 Å². The predicted octanol–water partition coefficient (Wildman–Crippen LogP) is 1.03. The molecule has 0 fully saturated rings. The van der Waals surface area contributed by atoms with Gasteiger partial charge in [-0.05, 0) is 31.8 Å². The highest BCUT2D eigenvalue weighted by molar-refractivity contribution is 5.21. The van der Waals surface area contributed by atoms with Crippen LogP contribution in [0.15, 0.2) is 18.2 Å². The van der Waals surface area contributed by atoms with Crippen LogP contribution in [0.25, 0.3) is 0 Å². The Labute approximate surface area is 87.8 Å². The Balaban J connectivity index is 2.91. The van der Waals surface area contributed by atoms with Gasteiger partial charge in [0.05, 0.1) is 6.04 Å². The van der Waals surface area contributed by atoms with Crippen LogP contribution in [0.2, 0.25) is 0 Å². The molecule has 0 amide bonds. The smallest absolute Gasteiger partial charge is 0.126 e. The van der Waals surface area contributed by atoms with E-state index in [4.69, 9.17) is 5.84 Å². The van der Waals surface area contributed by atoms with Crippen molar-refractivity contribution in [1.29, 1.82) is 0 Å². The zero-order valence-corrected chi connectivity index (χ0v) is 8.80. The molecule has 15 heavy (non-hydrogen) atoms. The van der Waals surface area contributed by atoms with E-state index in [0.29, 0.717) is 12.1 Å². The number of hydrogen-bond acceptors (Lipinski definition) is 3. The maximum absolute atomic E-state index is 12.9. The van der Waals surface area contributed by atoms with Gasteiger partial charge in [-0.1, -0.05) is 0 Å². The van der Waals surface area contributed by atoms with E-state index in [2.05, 4.69) is 5.43 Å². The van der Waals surface area contributed by atoms with Gasteiger partial charge in [0.25, 0.3) is 0 Å². The Morgan fingerprint density at radius 3 is 2.20 bits per heavy atom. The van der Waals surface area contributed by atoms with E-state index in [0.717, 1.165) is 6.07 Å². The summed E-state index contributed by atoms with van der Waals surface area (Å²) in [5.41, 5.74) is 3.03. The summed E-state index contributed by atoms with van der Waals surface area (Å²) in [6.45, 7) is 0.569. The number of nitrogens with one attached hydrogen (secondary N) is 1. The van der Waals surface area contributed by atoms with E-state index in [-0.39, 0.29) is 6.04 Å². The van der Waals surface area contributed by atoms with Gasteiger partial charge in [0.2, 0.25) is 0 Å². The first-order valence-electron chi connectivity index (χ1n) is 4.59. The number of likely N-dealkylation sites (N-methyl/N-ethyl adjacent to an activating group) is 1. The summed E-state index contributed by atoms with van der Waals surface area (Å²) >= 11 is 0. The van der Waals surface area contributed by atoms with Gasteiger partial charge in [-0.15, -0.1) is 0 Å². The van der Waals surface area contributed by atoms with Crippen molar-refractivity contribution in [2.24, 2.45) is 5.84 Å². The molecular formula is C10H15F2N3. The molecule has 1 aromatic rings. The fourth-order valence-corrected chi connectivity index (χ4v) is 1.40. The minimum atomic E-state index is -0.594. The molecular weight excluding hydrogens is 200 g/mol. The Morgan fingerprint density at radius 2 is 1.80 bits per heavy atom. The zero-order chi connectivity index (χ0) is 11.4. The Bertz CT molecular complexity index is 308. The maximum atomic E-state index is 12.9. The third-order valence-electron chi connectivity index (χ3n) is 2.04. The van der Waals surface area contributed by atoms with Crippen molar-refractivity contribution in [3.8, 4) is 0 Å². The van der Waals surface area contributed by atoms with Crippen LogP contribution in [0.1, 0.15) is 11.6 Å². The third kappa shape index (κ3) is 3.54. The van der Waals surface area contributed by atoms with E-state index >= 15 is 0 Å². The molecule has 84 valence electrons. The van der Waals surface area contributed by atoms with Gasteiger partial charge in [0.1, 0.15) is 11.6 Å². The molecule has 1 atom stereocenters. The Kier molecular flexibility index (Phi) is 4.14. The molecule has 0 radical (unpaired) electrons. The van der Waals surface area contributed by atoms with E-state index in [1.54, 1.807) is 0 Å². The van der Waals surface area contributed by atoms with Gasteiger partial charge in [0.15, 0.2) is 0 Å². The monoisotopic (exact) mass is 215 g/mol. The fraction of sp³-hybridized carbons (Fsp3) is 0.400. The van der Waals surface area contributed by atoms with Crippen molar-refractivity contribution in [1.82, 2.24) is 10.3 Å². The van der Waals surface area contributed by atoms with Crippen LogP contribution >= 0.6 is 0 Å². The lowest BCUT2D eigenvalue weighted by Crippen LogP contribution is -2.35. The molecule has 0 aliphatic rings.